The summed E-state index contributed by atoms with van der Waals surface area (Å²) < 4.78 is 7.04. The van der Waals surface area contributed by atoms with Gasteiger partial charge in [-0.1, -0.05) is 5.21 Å². The Morgan fingerprint density at radius 2 is 2.10 bits per heavy atom. The monoisotopic (exact) mass is 268 g/mol. The lowest BCUT2D eigenvalue weighted by Gasteiger charge is -2.07. The molecular formula is C15H16N4O. The van der Waals surface area contributed by atoms with E-state index in [-0.39, 0.29) is 5.92 Å². The van der Waals surface area contributed by atoms with Crippen LogP contribution in [0.25, 0.3) is 11.3 Å². The van der Waals surface area contributed by atoms with Gasteiger partial charge in [0.15, 0.2) is 0 Å². The van der Waals surface area contributed by atoms with E-state index in [0.717, 1.165) is 36.3 Å². The van der Waals surface area contributed by atoms with Gasteiger partial charge in [0.05, 0.1) is 25.4 Å². The highest BCUT2D eigenvalue weighted by Crippen LogP contribution is 2.34. The molecule has 3 rings (SSSR count). The summed E-state index contributed by atoms with van der Waals surface area (Å²) >= 11 is 0. The van der Waals surface area contributed by atoms with Crippen molar-refractivity contribution < 1.29 is 4.74 Å². The maximum Gasteiger partial charge on any atom is 0.118 e. The van der Waals surface area contributed by atoms with Crippen LogP contribution in [0.3, 0.4) is 0 Å². The van der Waals surface area contributed by atoms with Gasteiger partial charge < -0.3 is 4.74 Å². The summed E-state index contributed by atoms with van der Waals surface area (Å²) in [4.78, 5) is 0. The molecule has 0 saturated heterocycles. The minimum absolute atomic E-state index is 0.161. The minimum atomic E-state index is 0.161. The number of hydrogen-bond donors (Lipinski definition) is 0. The number of rotatable bonds is 3. The predicted octanol–water partition coefficient (Wildman–Crippen LogP) is 2.82. The van der Waals surface area contributed by atoms with E-state index < -0.39 is 0 Å². The molecule has 0 aliphatic heterocycles. The van der Waals surface area contributed by atoms with Crippen molar-refractivity contribution in [1.82, 2.24) is 15.0 Å². The second-order valence-corrected chi connectivity index (χ2v) is 5.11. The fourth-order valence-electron chi connectivity index (χ4n) is 2.66. The van der Waals surface area contributed by atoms with Crippen LogP contribution in [0.1, 0.15) is 25.3 Å². The molecule has 1 heterocycles. The van der Waals surface area contributed by atoms with E-state index >= 15 is 0 Å². The average Bonchev–Trinajstić information content (AvgIpc) is 3.16. The van der Waals surface area contributed by atoms with Crippen molar-refractivity contribution in [2.24, 2.45) is 5.92 Å². The molecule has 2 aromatic rings. The van der Waals surface area contributed by atoms with Crippen LogP contribution >= 0.6 is 0 Å². The van der Waals surface area contributed by atoms with Gasteiger partial charge in [-0.05, 0) is 43.5 Å². The molecule has 102 valence electrons. The Labute approximate surface area is 117 Å². The first-order valence-electron chi connectivity index (χ1n) is 6.76. The maximum absolute atomic E-state index is 8.96. The summed E-state index contributed by atoms with van der Waals surface area (Å²) in [5.41, 5.74) is 1.87. The van der Waals surface area contributed by atoms with E-state index in [2.05, 4.69) is 16.4 Å². The smallest absolute Gasteiger partial charge is 0.118 e. The van der Waals surface area contributed by atoms with Crippen LogP contribution in [0.4, 0.5) is 0 Å². The number of aromatic nitrogens is 3. The predicted molar refractivity (Wildman–Crippen MR) is 74.0 cm³/mol. The summed E-state index contributed by atoms with van der Waals surface area (Å²) in [7, 11) is 1.65. The summed E-state index contributed by atoms with van der Waals surface area (Å²) in [5.74, 6) is 0.988. The fraction of sp³-hybridized carbons (Fsp3) is 0.400. The molecule has 0 amide bonds. The molecule has 0 bridgehead atoms. The van der Waals surface area contributed by atoms with Crippen molar-refractivity contribution in [3.63, 3.8) is 0 Å². The van der Waals surface area contributed by atoms with E-state index in [1.165, 1.54) is 0 Å². The summed E-state index contributed by atoms with van der Waals surface area (Å²) in [6.45, 7) is 0. The van der Waals surface area contributed by atoms with E-state index in [1.807, 2.05) is 35.1 Å². The summed E-state index contributed by atoms with van der Waals surface area (Å²) in [6, 6.07) is 10.4. The minimum Gasteiger partial charge on any atom is -0.497 e. The Morgan fingerprint density at radius 3 is 2.75 bits per heavy atom. The second kappa shape index (κ2) is 5.33. The first-order chi connectivity index (χ1) is 9.80. The molecule has 2 atom stereocenters. The Balaban J connectivity index is 1.78. The lowest BCUT2D eigenvalue weighted by molar-refractivity contribution is 0.415. The van der Waals surface area contributed by atoms with Gasteiger partial charge in [0.2, 0.25) is 0 Å². The zero-order chi connectivity index (χ0) is 13.9. The lowest BCUT2D eigenvalue weighted by Crippen LogP contribution is -2.06. The molecule has 0 spiro atoms. The van der Waals surface area contributed by atoms with Crippen molar-refractivity contribution in [3.05, 3.63) is 30.5 Å². The van der Waals surface area contributed by atoms with E-state index in [4.69, 9.17) is 10.00 Å². The third kappa shape index (κ3) is 2.37. The molecule has 1 aromatic heterocycles. The second-order valence-electron chi connectivity index (χ2n) is 5.11. The number of methoxy groups -OCH3 is 1. The van der Waals surface area contributed by atoms with Crippen molar-refractivity contribution >= 4 is 0 Å². The Bertz CT molecular complexity index is 626. The molecule has 1 aliphatic carbocycles. The van der Waals surface area contributed by atoms with Crippen LogP contribution in [0.5, 0.6) is 5.75 Å². The first-order valence-corrected chi connectivity index (χ1v) is 6.76. The highest BCUT2D eigenvalue weighted by molar-refractivity contribution is 5.58. The van der Waals surface area contributed by atoms with Crippen molar-refractivity contribution in [1.29, 1.82) is 5.26 Å². The van der Waals surface area contributed by atoms with Crippen molar-refractivity contribution in [3.8, 4) is 23.1 Å². The van der Waals surface area contributed by atoms with E-state index in [9.17, 15) is 0 Å². The Kier molecular flexibility index (Phi) is 3.38. The molecule has 1 aliphatic rings. The topological polar surface area (TPSA) is 63.7 Å². The first kappa shape index (κ1) is 12.7. The van der Waals surface area contributed by atoms with Gasteiger partial charge in [0.25, 0.3) is 0 Å². The summed E-state index contributed by atoms with van der Waals surface area (Å²) in [5, 5.41) is 17.4. The number of benzene rings is 1. The van der Waals surface area contributed by atoms with Gasteiger partial charge in [0, 0.05) is 11.5 Å². The molecule has 2 unspecified atom stereocenters. The maximum atomic E-state index is 8.96. The van der Waals surface area contributed by atoms with Gasteiger partial charge >= 0.3 is 0 Å². The highest BCUT2D eigenvalue weighted by atomic mass is 16.5. The molecular weight excluding hydrogens is 252 g/mol. The SMILES string of the molecule is COc1ccc(-c2cn(C3CCC(C#N)C3)nn2)cc1. The number of ether oxygens (including phenoxy) is 1. The Hall–Kier alpha value is -2.35. The zero-order valence-corrected chi connectivity index (χ0v) is 11.4. The molecule has 1 fully saturated rings. The molecule has 1 aromatic carbocycles. The molecule has 0 radical (unpaired) electrons. The van der Waals surface area contributed by atoms with Gasteiger partial charge in [0.1, 0.15) is 11.4 Å². The molecule has 0 N–H and O–H groups in total. The molecule has 1 saturated carbocycles. The van der Waals surface area contributed by atoms with Gasteiger partial charge in [-0.25, -0.2) is 4.68 Å². The van der Waals surface area contributed by atoms with Crippen LogP contribution in [-0.4, -0.2) is 22.1 Å². The quantitative estimate of drug-likeness (QED) is 0.858. The molecule has 5 heteroatoms. The van der Waals surface area contributed by atoms with Gasteiger partial charge in [-0.3, -0.25) is 0 Å². The van der Waals surface area contributed by atoms with Crippen LogP contribution in [0.2, 0.25) is 0 Å². The summed E-state index contributed by atoms with van der Waals surface area (Å²) in [6.07, 6.45) is 4.80. The van der Waals surface area contributed by atoms with Crippen LogP contribution in [0.15, 0.2) is 30.5 Å². The molecule has 5 nitrogen and oxygen atoms in total. The number of nitrogens with zero attached hydrogens (tertiary/aromatic N) is 4. The normalized spacial score (nSPS) is 21.6. The number of nitriles is 1. The van der Waals surface area contributed by atoms with Crippen LogP contribution in [0, 0.1) is 17.2 Å². The van der Waals surface area contributed by atoms with Gasteiger partial charge in [-0.15, -0.1) is 5.10 Å². The zero-order valence-electron chi connectivity index (χ0n) is 11.4. The van der Waals surface area contributed by atoms with Crippen LogP contribution < -0.4 is 4.74 Å². The largest absolute Gasteiger partial charge is 0.497 e. The average molecular weight is 268 g/mol. The van der Waals surface area contributed by atoms with E-state index in [0.29, 0.717) is 6.04 Å². The Morgan fingerprint density at radius 1 is 1.30 bits per heavy atom. The van der Waals surface area contributed by atoms with Crippen molar-refractivity contribution in [2.75, 3.05) is 7.11 Å². The van der Waals surface area contributed by atoms with E-state index in [1.54, 1.807) is 7.11 Å². The lowest BCUT2D eigenvalue weighted by atomic mass is 10.1. The fourth-order valence-corrected chi connectivity index (χ4v) is 2.66. The highest BCUT2D eigenvalue weighted by Gasteiger charge is 2.26. The molecule has 20 heavy (non-hydrogen) atoms. The number of hydrogen-bond acceptors (Lipinski definition) is 4. The standard InChI is InChI=1S/C15H16N4O/c1-20-14-6-3-12(4-7-14)15-10-19(18-17-15)13-5-2-11(8-13)9-16/h3-4,6-7,10-11,13H,2,5,8H2,1H3. The third-order valence-corrected chi connectivity index (χ3v) is 3.86. The van der Waals surface area contributed by atoms with Crippen molar-refractivity contribution in [2.45, 2.75) is 25.3 Å². The van der Waals surface area contributed by atoms with Crippen LogP contribution in [-0.2, 0) is 0 Å². The van der Waals surface area contributed by atoms with Gasteiger partial charge in [-0.2, -0.15) is 5.26 Å². The third-order valence-electron chi connectivity index (χ3n) is 3.86.